The predicted molar refractivity (Wildman–Crippen MR) is 82.4 cm³/mol. The topological polar surface area (TPSA) is 30.5 Å². The molecule has 0 bridgehead atoms. The maximum Gasteiger partial charge on any atom is 0.130 e. The summed E-state index contributed by atoms with van der Waals surface area (Å²) in [5.41, 5.74) is 3.49. The van der Waals surface area contributed by atoms with E-state index in [4.69, 9.17) is 9.47 Å². The second kappa shape index (κ2) is 6.96. The molecule has 0 radical (unpaired) electrons. The molecule has 0 aliphatic carbocycles. The molecular weight excluding hydrogens is 250 g/mol. The van der Waals surface area contributed by atoms with E-state index in [1.165, 1.54) is 5.56 Å². The van der Waals surface area contributed by atoms with E-state index >= 15 is 0 Å². The van der Waals surface area contributed by atoms with Crippen LogP contribution in [0.15, 0.2) is 42.5 Å². The summed E-state index contributed by atoms with van der Waals surface area (Å²) in [5.74, 6) is 1.62. The fourth-order valence-corrected chi connectivity index (χ4v) is 2.16. The molecule has 0 unspecified atom stereocenters. The Morgan fingerprint density at radius 3 is 2.55 bits per heavy atom. The van der Waals surface area contributed by atoms with Crippen LogP contribution in [0.3, 0.4) is 0 Å². The van der Waals surface area contributed by atoms with Crippen LogP contribution in [-0.2, 0) is 6.54 Å². The van der Waals surface area contributed by atoms with E-state index in [1.807, 2.05) is 18.2 Å². The molecule has 3 nitrogen and oxygen atoms in total. The van der Waals surface area contributed by atoms with Crippen molar-refractivity contribution < 1.29 is 9.47 Å². The van der Waals surface area contributed by atoms with Crippen molar-refractivity contribution >= 4 is 0 Å². The maximum absolute atomic E-state index is 5.47. The van der Waals surface area contributed by atoms with Gasteiger partial charge in [-0.1, -0.05) is 25.1 Å². The Kier molecular flexibility index (Phi) is 5.02. The number of methoxy groups -OCH3 is 2. The van der Waals surface area contributed by atoms with Gasteiger partial charge in [-0.05, 0) is 35.9 Å². The molecule has 3 heteroatoms. The number of nitrogens with one attached hydrogen (secondary N) is 1. The fourth-order valence-electron chi connectivity index (χ4n) is 2.16. The van der Waals surface area contributed by atoms with Gasteiger partial charge in [-0.2, -0.15) is 0 Å². The summed E-state index contributed by atoms with van der Waals surface area (Å²) in [4.78, 5) is 0. The highest BCUT2D eigenvalue weighted by Crippen LogP contribution is 2.33. The van der Waals surface area contributed by atoms with Crippen LogP contribution in [0.25, 0.3) is 11.1 Å². The largest absolute Gasteiger partial charge is 0.497 e. The standard InChI is InChI=1S/C17H21NO2/c1-4-18-12-13-6-5-7-14(10-13)16-9-8-15(19-2)11-17(16)20-3/h5-11,18H,4,12H2,1-3H3. The molecule has 0 heterocycles. The Balaban J connectivity index is 2.35. The second-order valence-corrected chi connectivity index (χ2v) is 4.55. The molecule has 2 aromatic rings. The number of benzene rings is 2. The Morgan fingerprint density at radius 2 is 1.85 bits per heavy atom. The van der Waals surface area contributed by atoms with Gasteiger partial charge in [0.2, 0.25) is 0 Å². The Hall–Kier alpha value is -2.00. The van der Waals surface area contributed by atoms with E-state index in [0.717, 1.165) is 35.7 Å². The molecule has 1 N–H and O–H groups in total. The quantitative estimate of drug-likeness (QED) is 0.872. The molecule has 0 aliphatic rings. The van der Waals surface area contributed by atoms with Crippen LogP contribution < -0.4 is 14.8 Å². The van der Waals surface area contributed by atoms with Gasteiger partial charge in [0, 0.05) is 18.2 Å². The molecule has 20 heavy (non-hydrogen) atoms. The summed E-state index contributed by atoms with van der Waals surface area (Å²) >= 11 is 0. The Morgan fingerprint density at radius 1 is 1.00 bits per heavy atom. The van der Waals surface area contributed by atoms with Crippen molar-refractivity contribution in [3.63, 3.8) is 0 Å². The van der Waals surface area contributed by atoms with Crippen molar-refractivity contribution in [3.8, 4) is 22.6 Å². The molecular formula is C17H21NO2. The first-order chi connectivity index (χ1) is 9.78. The van der Waals surface area contributed by atoms with Crippen LogP contribution in [0, 0.1) is 0 Å². The third-order valence-corrected chi connectivity index (χ3v) is 3.23. The lowest BCUT2D eigenvalue weighted by Crippen LogP contribution is -2.11. The SMILES string of the molecule is CCNCc1cccc(-c2ccc(OC)cc2OC)c1. The van der Waals surface area contributed by atoms with Crippen molar-refractivity contribution in [1.82, 2.24) is 5.32 Å². The van der Waals surface area contributed by atoms with Gasteiger partial charge < -0.3 is 14.8 Å². The van der Waals surface area contributed by atoms with Crippen LogP contribution in [0.2, 0.25) is 0 Å². The van der Waals surface area contributed by atoms with Crippen LogP contribution in [-0.4, -0.2) is 20.8 Å². The first-order valence-corrected chi connectivity index (χ1v) is 6.80. The monoisotopic (exact) mass is 271 g/mol. The lowest BCUT2D eigenvalue weighted by Gasteiger charge is -2.12. The van der Waals surface area contributed by atoms with E-state index in [2.05, 4.69) is 36.5 Å². The third kappa shape index (κ3) is 3.31. The lowest BCUT2D eigenvalue weighted by atomic mass is 10.0. The number of ether oxygens (including phenoxy) is 2. The van der Waals surface area contributed by atoms with Gasteiger partial charge in [0.1, 0.15) is 11.5 Å². The molecule has 106 valence electrons. The first-order valence-electron chi connectivity index (χ1n) is 6.80. The van der Waals surface area contributed by atoms with Crippen LogP contribution in [0.5, 0.6) is 11.5 Å². The van der Waals surface area contributed by atoms with Crippen molar-refractivity contribution in [2.75, 3.05) is 20.8 Å². The molecule has 0 atom stereocenters. The summed E-state index contributed by atoms with van der Waals surface area (Å²) in [7, 11) is 3.34. The van der Waals surface area contributed by atoms with E-state index in [-0.39, 0.29) is 0 Å². The first kappa shape index (κ1) is 14.4. The minimum Gasteiger partial charge on any atom is -0.497 e. The van der Waals surface area contributed by atoms with E-state index < -0.39 is 0 Å². The molecule has 0 amide bonds. The summed E-state index contributed by atoms with van der Waals surface area (Å²) in [6.45, 7) is 3.95. The molecule has 0 saturated carbocycles. The van der Waals surface area contributed by atoms with Gasteiger partial charge in [0.05, 0.1) is 14.2 Å². The molecule has 2 rings (SSSR count). The summed E-state index contributed by atoms with van der Waals surface area (Å²) < 4.78 is 10.7. The highest BCUT2D eigenvalue weighted by atomic mass is 16.5. The molecule has 0 aromatic heterocycles. The van der Waals surface area contributed by atoms with Gasteiger partial charge >= 0.3 is 0 Å². The summed E-state index contributed by atoms with van der Waals surface area (Å²) in [6, 6.07) is 14.4. The summed E-state index contributed by atoms with van der Waals surface area (Å²) in [6.07, 6.45) is 0. The number of rotatable bonds is 6. The maximum atomic E-state index is 5.47. The smallest absolute Gasteiger partial charge is 0.130 e. The van der Waals surface area contributed by atoms with E-state index in [9.17, 15) is 0 Å². The van der Waals surface area contributed by atoms with Gasteiger partial charge in [0.25, 0.3) is 0 Å². The zero-order valence-corrected chi connectivity index (χ0v) is 12.3. The Labute approximate surface area is 120 Å². The van der Waals surface area contributed by atoms with Crippen molar-refractivity contribution in [2.24, 2.45) is 0 Å². The molecule has 0 saturated heterocycles. The fraction of sp³-hybridized carbons (Fsp3) is 0.294. The second-order valence-electron chi connectivity index (χ2n) is 4.55. The molecule has 0 fully saturated rings. The average molecular weight is 271 g/mol. The van der Waals surface area contributed by atoms with Crippen molar-refractivity contribution in [2.45, 2.75) is 13.5 Å². The molecule has 0 aliphatic heterocycles. The predicted octanol–water partition coefficient (Wildman–Crippen LogP) is 3.48. The van der Waals surface area contributed by atoms with Gasteiger partial charge in [0.15, 0.2) is 0 Å². The minimum absolute atomic E-state index is 0.800. The van der Waals surface area contributed by atoms with E-state index in [0.29, 0.717) is 0 Å². The summed E-state index contributed by atoms with van der Waals surface area (Å²) in [5, 5.41) is 3.34. The number of hydrogen-bond acceptors (Lipinski definition) is 3. The highest BCUT2D eigenvalue weighted by molar-refractivity contribution is 5.72. The third-order valence-electron chi connectivity index (χ3n) is 3.23. The van der Waals surface area contributed by atoms with E-state index in [1.54, 1.807) is 14.2 Å². The average Bonchev–Trinajstić information content (AvgIpc) is 2.52. The highest BCUT2D eigenvalue weighted by Gasteiger charge is 2.08. The van der Waals surface area contributed by atoms with Crippen molar-refractivity contribution in [3.05, 3.63) is 48.0 Å². The van der Waals surface area contributed by atoms with Crippen LogP contribution in [0.1, 0.15) is 12.5 Å². The normalized spacial score (nSPS) is 10.3. The zero-order chi connectivity index (χ0) is 14.4. The van der Waals surface area contributed by atoms with Gasteiger partial charge in [-0.25, -0.2) is 0 Å². The molecule has 2 aromatic carbocycles. The van der Waals surface area contributed by atoms with Gasteiger partial charge in [-0.15, -0.1) is 0 Å². The minimum atomic E-state index is 0.800. The zero-order valence-electron chi connectivity index (χ0n) is 12.3. The van der Waals surface area contributed by atoms with Crippen LogP contribution >= 0.6 is 0 Å². The molecule has 0 spiro atoms. The van der Waals surface area contributed by atoms with Crippen LogP contribution in [0.4, 0.5) is 0 Å². The van der Waals surface area contributed by atoms with Gasteiger partial charge in [-0.3, -0.25) is 0 Å². The Bertz CT molecular complexity index is 567. The van der Waals surface area contributed by atoms with Crippen molar-refractivity contribution in [1.29, 1.82) is 0 Å². The lowest BCUT2D eigenvalue weighted by molar-refractivity contribution is 0.395. The number of hydrogen-bond donors (Lipinski definition) is 1.